The first-order chi connectivity index (χ1) is 9.49. The Morgan fingerprint density at radius 3 is 2.55 bits per heavy atom. The van der Waals surface area contributed by atoms with Crippen molar-refractivity contribution in [1.82, 2.24) is 0 Å². The van der Waals surface area contributed by atoms with Gasteiger partial charge in [0.15, 0.2) is 0 Å². The lowest BCUT2D eigenvalue weighted by molar-refractivity contribution is 0.102. The zero-order valence-electron chi connectivity index (χ0n) is 12.0. The molecule has 0 aliphatic rings. The number of amides is 1. The van der Waals surface area contributed by atoms with Gasteiger partial charge in [0.2, 0.25) is 0 Å². The fraction of sp³-hybridized carbons (Fsp3) is 0.235. The van der Waals surface area contributed by atoms with Gasteiger partial charge in [-0.3, -0.25) is 4.79 Å². The van der Waals surface area contributed by atoms with Gasteiger partial charge in [0.25, 0.3) is 5.91 Å². The van der Waals surface area contributed by atoms with Crippen molar-refractivity contribution in [1.29, 1.82) is 0 Å². The molecule has 0 atom stereocenters. The van der Waals surface area contributed by atoms with Crippen LogP contribution in [0.25, 0.3) is 0 Å². The number of aryl methyl sites for hydroxylation is 1. The highest BCUT2D eigenvalue weighted by atomic mass is 32.1. The maximum Gasteiger partial charge on any atom is 0.255 e. The summed E-state index contributed by atoms with van der Waals surface area (Å²) < 4.78 is 0. The average molecular weight is 285 g/mol. The van der Waals surface area contributed by atoms with Gasteiger partial charge < -0.3 is 5.32 Å². The third-order valence-corrected chi connectivity index (χ3v) is 3.57. The third-order valence-electron chi connectivity index (χ3n) is 3.30. The summed E-state index contributed by atoms with van der Waals surface area (Å²) in [6.07, 6.45) is 0. The van der Waals surface area contributed by atoms with Crippen molar-refractivity contribution in [3.8, 4) is 0 Å². The van der Waals surface area contributed by atoms with Crippen molar-refractivity contribution in [3.63, 3.8) is 0 Å². The van der Waals surface area contributed by atoms with E-state index >= 15 is 0 Å². The van der Waals surface area contributed by atoms with Gasteiger partial charge in [0, 0.05) is 16.1 Å². The minimum absolute atomic E-state index is 0.0912. The van der Waals surface area contributed by atoms with Crippen LogP contribution in [-0.4, -0.2) is 5.91 Å². The lowest BCUT2D eigenvalue weighted by Crippen LogP contribution is -2.15. The molecule has 0 saturated carbocycles. The summed E-state index contributed by atoms with van der Waals surface area (Å²) in [5.41, 5.74) is 3.62. The maximum atomic E-state index is 12.4. The van der Waals surface area contributed by atoms with E-state index in [1.807, 2.05) is 43.3 Å². The van der Waals surface area contributed by atoms with E-state index in [-0.39, 0.29) is 5.91 Å². The van der Waals surface area contributed by atoms with E-state index in [0.717, 1.165) is 21.7 Å². The summed E-state index contributed by atoms with van der Waals surface area (Å²) in [6, 6.07) is 13.5. The summed E-state index contributed by atoms with van der Waals surface area (Å²) in [6.45, 7) is 6.16. The second kappa shape index (κ2) is 6.14. The molecule has 0 unspecified atom stereocenters. The van der Waals surface area contributed by atoms with Gasteiger partial charge in [-0.15, -0.1) is 12.6 Å². The first-order valence-electron chi connectivity index (χ1n) is 6.69. The number of benzene rings is 2. The van der Waals surface area contributed by atoms with E-state index in [9.17, 15) is 4.79 Å². The Morgan fingerprint density at radius 2 is 1.85 bits per heavy atom. The molecular weight excluding hydrogens is 266 g/mol. The van der Waals surface area contributed by atoms with Crippen molar-refractivity contribution < 1.29 is 4.79 Å². The zero-order valence-corrected chi connectivity index (χ0v) is 12.9. The van der Waals surface area contributed by atoms with Crippen molar-refractivity contribution in [2.45, 2.75) is 31.6 Å². The summed E-state index contributed by atoms with van der Waals surface area (Å²) in [4.78, 5) is 13.2. The molecule has 0 aromatic heterocycles. The summed E-state index contributed by atoms with van der Waals surface area (Å²) in [5.74, 6) is 0.273. The average Bonchev–Trinajstić information content (AvgIpc) is 2.41. The van der Waals surface area contributed by atoms with Crippen LogP contribution in [0.1, 0.15) is 41.3 Å². The Kier molecular flexibility index (Phi) is 4.50. The van der Waals surface area contributed by atoms with Crippen LogP contribution in [0, 0.1) is 6.92 Å². The van der Waals surface area contributed by atoms with Gasteiger partial charge in [0.1, 0.15) is 0 Å². The molecular formula is C17H19NOS. The number of nitrogens with one attached hydrogen (secondary N) is 1. The molecule has 0 aliphatic heterocycles. The topological polar surface area (TPSA) is 29.1 Å². The van der Waals surface area contributed by atoms with E-state index in [1.165, 1.54) is 0 Å². The van der Waals surface area contributed by atoms with Crippen molar-refractivity contribution in [2.24, 2.45) is 0 Å². The first kappa shape index (κ1) is 14.7. The monoisotopic (exact) mass is 285 g/mol. The van der Waals surface area contributed by atoms with Gasteiger partial charge in [-0.05, 0) is 42.2 Å². The number of hydrogen-bond acceptors (Lipinski definition) is 2. The maximum absolute atomic E-state index is 12.4. The number of anilines is 1. The smallest absolute Gasteiger partial charge is 0.255 e. The van der Waals surface area contributed by atoms with E-state index in [4.69, 9.17) is 0 Å². The molecule has 2 rings (SSSR count). The molecule has 2 aromatic carbocycles. The van der Waals surface area contributed by atoms with Crippen LogP contribution in [0.4, 0.5) is 5.69 Å². The predicted molar refractivity (Wildman–Crippen MR) is 86.9 cm³/mol. The van der Waals surface area contributed by atoms with Crippen molar-refractivity contribution >= 4 is 24.2 Å². The molecule has 0 heterocycles. The highest BCUT2D eigenvalue weighted by Gasteiger charge is 2.12. The summed E-state index contributed by atoms with van der Waals surface area (Å²) >= 11 is 4.30. The number of rotatable bonds is 3. The molecule has 2 aromatic rings. The molecule has 0 saturated heterocycles. The van der Waals surface area contributed by atoms with Crippen LogP contribution in [0.2, 0.25) is 0 Å². The van der Waals surface area contributed by atoms with Gasteiger partial charge in [-0.1, -0.05) is 38.1 Å². The Labute approximate surface area is 125 Å². The molecule has 0 spiro atoms. The molecule has 1 N–H and O–H groups in total. The number of carbonyl (C=O) groups excluding carboxylic acids is 1. The van der Waals surface area contributed by atoms with E-state index in [0.29, 0.717) is 11.5 Å². The van der Waals surface area contributed by atoms with Crippen LogP contribution >= 0.6 is 12.6 Å². The minimum Gasteiger partial charge on any atom is -0.322 e. The molecule has 3 heteroatoms. The van der Waals surface area contributed by atoms with E-state index < -0.39 is 0 Å². The third kappa shape index (κ3) is 3.23. The number of para-hydroxylation sites is 1. The molecule has 1 amide bonds. The molecule has 0 aliphatic carbocycles. The van der Waals surface area contributed by atoms with E-state index in [2.05, 4.69) is 31.8 Å². The Hall–Kier alpha value is -1.74. The summed E-state index contributed by atoms with van der Waals surface area (Å²) in [7, 11) is 0. The van der Waals surface area contributed by atoms with Crippen LogP contribution in [0.3, 0.4) is 0 Å². The number of thiol groups is 1. The fourth-order valence-electron chi connectivity index (χ4n) is 2.16. The first-order valence-corrected chi connectivity index (χ1v) is 7.13. The van der Waals surface area contributed by atoms with Gasteiger partial charge in [-0.2, -0.15) is 0 Å². The minimum atomic E-state index is -0.0912. The molecule has 0 fully saturated rings. The highest BCUT2D eigenvalue weighted by molar-refractivity contribution is 7.80. The molecule has 20 heavy (non-hydrogen) atoms. The highest BCUT2D eigenvalue weighted by Crippen LogP contribution is 2.24. The Morgan fingerprint density at radius 1 is 1.15 bits per heavy atom. The van der Waals surface area contributed by atoms with Crippen LogP contribution in [0.15, 0.2) is 47.4 Å². The number of carbonyl (C=O) groups is 1. The van der Waals surface area contributed by atoms with Crippen LogP contribution in [-0.2, 0) is 0 Å². The van der Waals surface area contributed by atoms with Crippen LogP contribution < -0.4 is 5.32 Å². The van der Waals surface area contributed by atoms with Gasteiger partial charge in [0.05, 0.1) is 0 Å². The second-order valence-electron chi connectivity index (χ2n) is 5.20. The van der Waals surface area contributed by atoms with Crippen molar-refractivity contribution in [2.75, 3.05) is 5.32 Å². The normalized spacial score (nSPS) is 10.7. The Balaban J connectivity index is 2.31. The van der Waals surface area contributed by atoms with Gasteiger partial charge in [-0.25, -0.2) is 0 Å². The standard InChI is InChI=1S/C17H19NOS/c1-11(2)14-6-4-5-7-16(14)18-17(19)15-10-13(20)9-8-12(15)3/h4-11,20H,1-3H3,(H,18,19). The van der Waals surface area contributed by atoms with Gasteiger partial charge >= 0.3 is 0 Å². The zero-order chi connectivity index (χ0) is 14.7. The quantitative estimate of drug-likeness (QED) is 0.789. The fourth-order valence-corrected chi connectivity index (χ4v) is 2.36. The predicted octanol–water partition coefficient (Wildman–Crippen LogP) is 4.66. The largest absolute Gasteiger partial charge is 0.322 e. The number of hydrogen-bond donors (Lipinski definition) is 2. The van der Waals surface area contributed by atoms with Crippen LogP contribution in [0.5, 0.6) is 0 Å². The molecule has 0 bridgehead atoms. The molecule has 104 valence electrons. The molecule has 2 nitrogen and oxygen atoms in total. The lowest BCUT2D eigenvalue weighted by atomic mass is 10.0. The van der Waals surface area contributed by atoms with Crippen molar-refractivity contribution in [3.05, 3.63) is 59.2 Å². The summed E-state index contributed by atoms with van der Waals surface area (Å²) in [5, 5.41) is 3.00. The Bertz CT molecular complexity index is 635. The molecule has 0 radical (unpaired) electrons. The second-order valence-corrected chi connectivity index (χ2v) is 5.71. The lowest BCUT2D eigenvalue weighted by Gasteiger charge is -2.14. The van der Waals surface area contributed by atoms with E-state index in [1.54, 1.807) is 6.07 Å². The SMILES string of the molecule is Cc1ccc(S)cc1C(=O)Nc1ccccc1C(C)C.